The maximum atomic E-state index is 12.0. The third-order valence-electron chi connectivity index (χ3n) is 4.69. The monoisotopic (exact) mass is 415 g/mol. The van der Waals surface area contributed by atoms with Crippen molar-refractivity contribution in [3.05, 3.63) is 56.5 Å². The molecule has 1 N–H and O–H groups in total. The van der Waals surface area contributed by atoms with Gasteiger partial charge in [0.2, 0.25) is 0 Å². The van der Waals surface area contributed by atoms with Crippen molar-refractivity contribution in [2.45, 2.75) is 47.2 Å². The van der Waals surface area contributed by atoms with Crippen LogP contribution in [0.25, 0.3) is 11.3 Å². The molecule has 1 aromatic rings. The van der Waals surface area contributed by atoms with Crippen molar-refractivity contribution in [2.75, 3.05) is 0 Å². The average molecular weight is 416 g/mol. The zero-order chi connectivity index (χ0) is 15.9. The van der Waals surface area contributed by atoms with Crippen molar-refractivity contribution in [2.24, 2.45) is 0 Å². The standard InChI is InChI=1S/C18H24NOSi.2ClH.Ti/c1-10-11(2)13(4)17(18(19)20)16(12(10)3)14-8-7-9-15(14)21(5)6;;;/h7,9H,8H2,1-6H3,(H2,19,20);2*1H;/q;;;+3/p-3. The number of benzene rings is 1. The zero-order valence-electron chi connectivity index (χ0n) is 15.0. The Balaban J connectivity index is 0. The van der Waals surface area contributed by atoms with Crippen molar-refractivity contribution >= 4 is 20.3 Å². The van der Waals surface area contributed by atoms with E-state index >= 15 is 0 Å². The van der Waals surface area contributed by atoms with Crippen molar-refractivity contribution in [3.63, 3.8) is 0 Å². The van der Waals surface area contributed by atoms with Crippen molar-refractivity contribution in [3.8, 4) is 0 Å². The molecule has 0 saturated carbocycles. The van der Waals surface area contributed by atoms with E-state index in [9.17, 15) is 4.79 Å². The van der Waals surface area contributed by atoms with Crippen LogP contribution in [0.5, 0.6) is 0 Å². The van der Waals surface area contributed by atoms with Gasteiger partial charge in [0.15, 0.2) is 0 Å². The first kappa shape index (κ1) is 25.9. The second kappa shape index (κ2) is 9.98. The van der Waals surface area contributed by atoms with E-state index in [4.69, 9.17) is 5.73 Å². The van der Waals surface area contributed by atoms with Crippen LogP contribution < -0.4 is 24.8 Å². The van der Waals surface area contributed by atoms with Gasteiger partial charge < -0.3 is 35.3 Å². The van der Waals surface area contributed by atoms with E-state index in [1.54, 1.807) is 0 Å². The van der Waals surface area contributed by atoms with Gasteiger partial charge in [-0.05, 0) is 67.5 Å². The molecule has 0 fully saturated rings. The molecule has 2 rings (SSSR count). The predicted octanol–water partition coefficient (Wildman–Crippen LogP) is -0.875. The topological polar surface area (TPSA) is 40.9 Å². The molecular weight excluding hydrogens is 393 g/mol. The molecular formula is C18H23Cl2NOSiTi. The second-order valence-corrected chi connectivity index (χ2v) is 8.62. The van der Waals surface area contributed by atoms with Crippen LogP contribution in [0, 0.1) is 27.7 Å². The molecule has 0 atom stereocenters. The summed E-state index contributed by atoms with van der Waals surface area (Å²) < 4.78 is 0. The third-order valence-corrected chi connectivity index (χ3v) is 6.23. The Kier molecular flexibility index (Phi) is 10.8. The second-order valence-electron chi connectivity index (χ2n) is 6.08. The summed E-state index contributed by atoms with van der Waals surface area (Å²) in [5.41, 5.74) is 15.1. The zero-order valence-corrected chi connectivity index (χ0v) is 19.1. The number of amides is 1. The number of hydrogen-bond donors (Lipinski definition) is 0. The molecule has 2 nitrogen and oxygen atoms in total. The Bertz CT molecular complexity index is 697. The van der Waals surface area contributed by atoms with E-state index < -0.39 is 14.7 Å². The fraction of sp³-hybridized carbons (Fsp3) is 0.389. The van der Waals surface area contributed by atoms with E-state index in [-0.39, 0.29) is 46.5 Å². The van der Waals surface area contributed by atoms with Crippen LogP contribution in [0.4, 0.5) is 0 Å². The average Bonchev–Trinajstić information content (AvgIpc) is 2.88. The van der Waals surface area contributed by atoms with Crippen LogP contribution in [0.15, 0.2) is 17.3 Å². The fourth-order valence-corrected chi connectivity index (χ4v) is 4.47. The Labute approximate surface area is 174 Å². The molecule has 0 bridgehead atoms. The minimum absolute atomic E-state index is 0. The summed E-state index contributed by atoms with van der Waals surface area (Å²) in [4.78, 5) is 12.0. The maximum Gasteiger partial charge on any atom is 3.00 e. The first-order chi connectivity index (χ1) is 9.77. The van der Waals surface area contributed by atoms with Gasteiger partial charge in [-0.15, -0.1) is 0 Å². The van der Waals surface area contributed by atoms with Crippen LogP contribution in [-0.4, -0.2) is 14.7 Å². The molecule has 2 radical (unpaired) electrons. The maximum absolute atomic E-state index is 12.0. The van der Waals surface area contributed by atoms with Gasteiger partial charge in [0, 0.05) is 5.56 Å². The quantitative estimate of drug-likeness (QED) is 0.591. The summed E-state index contributed by atoms with van der Waals surface area (Å²) in [5, 5.41) is 1.40. The summed E-state index contributed by atoms with van der Waals surface area (Å²) in [6, 6.07) is 0. The smallest absolute Gasteiger partial charge is 1.00 e. The first-order valence-electron chi connectivity index (χ1n) is 7.34. The normalized spacial score (nSPS) is 12.6. The van der Waals surface area contributed by atoms with Gasteiger partial charge in [-0.2, -0.15) is 0 Å². The molecule has 0 unspecified atom stereocenters. The molecule has 6 heteroatoms. The number of nitrogens with one attached hydrogen (secondary N) is 1. The number of halogens is 2. The number of carbonyl (C=O) groups is 1. The Morgan fingerprint density at radius 1 is 1.00 bits per heavy atom. The van der Waals surface area contributed by atoms with E-state index in [0.717, 1.165) is 28.7 Å². The van der Waals surface area contributed by atoms with Crippen LogP contribution in [0.1, 0.15) is 44.6 Å². The minimum Gasteiger partial charge on any atom is -1.00 e. The van der Waals surface area contributed by atoms with E-state index in [1.807, 2.05) is 13.8 Å². The van der Waals surface area contributed by atoms with Crippen molar-refractivity contribution < 1.29 is 51.3 Å². The predicted molar refractivity (Wildman–Crippen MR) is 92.2 cm³/mol. The molecule has 1 aromatic carbocycles. The van der Waals surface area contributed by atoms with E-state index in [1.165, 1.54) is 16.3 Å². The van der Waals surface area contributed by atoms with Gasteiger partial charge >= 0.3 is 21.7 Å². The molecule has 1 aliphatic rings. The molecule has 0 aromatic heterocycles. The van der Waals surface area contributed by atoms with Crippen molar-refractivity contribution in [1.82, 2.24) is 0 Å². The van der Waals surface area contributed by atoms with E-state index in [0.29, 0.717) is 5.56 Å². The van der Waals surface area contributed by atoms with Gasteiger partial charge in [-0.25, -0.2) is 0 Å². The van der Waals surface area contributed by atoms with Crippen LogP contribution in [0.3, 0.4) is 0 Å². The number of carbonyl (C=O) groups excluding carboxylic acids is 1. The molecule has 24 heavy (non-hydrogen) atoms. The largest absolute Gasteiger partial charge is 3.00 e. The number of hydrogen-bond acceptors (Lipinski definition) is 1. The Hall–Kier alpha value is -0.319. The molecule has 0 saturated heterocycles. The summed E-state index contributed by atoms with van der Waals surface area (Å²) in [7, 11) is -0.581. The molecule has 0 heterocycles. The van der Waals surface area contributed by atoms with Gasteiger partial charge in [0.25, 0.3) is 0 Å². The van der Waals surface area contributed by atoms with Gasteiger partial charge in [-0.1, -0.05) is 30.4 Å². The molecule has 1 amide bonds. The number of allylic oxidation sites excluding steroid dienone is 4. The van der Waals surface area contributed by atoms with Crippen molar-refractivity contribution in [1.29, 1.82) is 0 Å². The summed E-state index contributed by atoms with van der Waals surface area (Å²) in [6.45, 7) is 12.8. The van der Waals surface area contributed by atoms with E-state index in [2.05, 4.69) is 39.1 Å². The Morgan fingerprint density at radius 3 is 1.96 bits per heavy atom. The molecule has 1 aliphatic carbocycles. The van der Waals surface area contributed by atoms with Gasteiger partial charge in [0.05, 0.1) is 14.7 Å². The molecule has 0 spiro atoms. The van der Waals surface area contributed by atoms with Gasteiger partial charge in [0.1, 0.15) is 0 Å². The summed E-state index contributed by atoms with van der Waals surface area (Å²) in [5.74, 6) is -0.562. The van der Waals surface area contributed by atoms with Crippen LogP contribution >= 0.6 is 0 Å². The summed E-state index contributed by atoms with van der Waals surface area (Å²) >= 11 is 0. The van der Waals surface area contributed by atoms with Crippen LogP contribution in [-0.2, 0) is 21.7 Å². The third kappa shape index (κ3) is 4.44. The van der Waals surface area contributed by atoms with Gasteiger partial charge in [-0.3, -0.25) is 0 Å². The van der Waals surface area contributed by atoms with Crippen LogP contribution in [0.2, 0.25) is 13.1 Å². The number of rotatable bonds is 3. The first-order valence-corrected chi connectivity index (χ1v) is 9.84. The SMILES string of the molecule is Cc1c(C)c(C)c(C2=C([Si](C)C)C=CC2)c(C([NH-])=O)c1C.[Cl-].[Cl-].[Ti+3]. The molecule has 0 aliphatic heterocycles. The minimum atomic E-state index is -0.581. The Morgan fingerprint density at radius 2 is 1.50 bits per heavy atom. The summed E-state index contributed by atoms with van der Waals surface area (Å²) in [6.07, 6.45) is 5.28. The fourth-order valence-electron chi connectivity index (χ4n) is 3.18. The molecule has 128 valence electrons.